The third-order valence-corrected chi connectivity index (χ3v) is 7.03. The molecule has 5 rings (SSSR count). The minimum absolute atomic E-state index is 0.0162. The van der Waals surface area contributed by atoms with E-state index in [1.807, 2.05) is 48.6 Å². The van der Waals surface area contributed by atoms with Crippen molar-refractivity contribution in [1.82, 2.24) is 10.9 Å². The van der Waals surface area contributed by atoms with E-state index in [4.69, 9.17) is 10.3 Å². The fourth-order valence-corrected chi connectivity index (χ4v) is 5.11. The summed E-state index contributed by atoms with van der Waals surface area (Å²) in [6, 6.07) is 26.0. The lowest BCUT2D eigenvalue weighted by atomic mass is 9.98. The van der Waals surface area contributed by atoms with Crippen molar-refractivity contribution in [2.75, 3.05) is 0 Å². The van der Waals surface area contributed by atoms with E-state index in [9.17, 15) is 9.59 Å². The van der Waals surface area contributed by atoms with Gasteiger partial charge in [0.05, 0.1) is 28.6 Å². The van der Waals surface area contributed by atoms with Gasteiger partial charge in [-0.1, -0.05) is 60.7 Å². The molecule has 2 amide bonds. The lowest BCUT2D eigenvalue weighted by Crippen LogP contribution is -2.42. The molecule has 35 heavy (non-hydrogen) atoms. The van der Waals surface area contributed by atoms with Gasteiger partial charge in [-0.2, -0.15) is 5.26 Å². The molecule has 2 N–H and O–H groups in total. The van der Waals surface area contributed by atoms with E-state index in [0.717, 1.165) is 21.7 Å². The molecule has 1 heterocycles. The number of carbonyl (C=O) groups excluding carboxylic acids is 2. The Labute approximate surface area is 207 Å². The van der Waals surface area contributed by atoms with Gasteiger partial charge in [0.1, 0.15) is 0 Å². The van der Waals surface area contributed by atoms with Crippen LogP contribution in [0.2, 0.25) is 0 Å². The Morgan fingerprint density at radius 3 is 2.37 bits per heavy atom. The standard InChI is InChI=1S/C28H20N4O2S/c29-17-18-10-12-19(13-11-18)26-22-8-4-5-9-24(22)35-25-15-14-21(16-23(25)30-26)28(34)32-31-27(33)20-6-2-1-3-7-20/h1-16,23,25H,(H,31,33)(H,32,34). The number of aliphatic imine (C=N–C) groups is 1. The summed E-state index contributed by atoms with van der Waals surface area (Å²) in [4.78, 5) is 31.2. The number of nitriles is 1. The van der Waals surface area contributed by atoms with Gasteiger partial charge in [-0.05, 0) is 36.4 Å². The predicted octanol–water partition coefficient (Wildman–Crippen LogP) is 4.20. The SMILES string of the molecule is N#Cc1ccc(C2=NC3C=C(C(=O)NNC(=O)c4ccccc4)C=CC3Sc3ccccc32)cc1. The quantitative estimate of drug-likeness (QED) is 0.554. The van der Waals surface area contributed by atoms with Crippen molar-refractivity contribution in [3.8, 4) is 6.07 Å². The average Bonchev–Trinajstić information content (AvgIpc) is 3.08. The predicted molar refractivity (Wildman–Crippen MR) is 136 cm³/mol. The highest BCUT2D eigenvalue weighted by molar-refractivity contribution is 8.00. The number of nitrogens with one attached hydrogen (secondary N) is 2. The van der Waals surface area contributed by atoms with Crippen LogP contribution in [-0.2, 0) is 4.79 Å². The molecule has 0 radical (unpaired) electrons. The van der Waals surface area contributed by atoms with E-state index in [1.165, 1.54) is 0 Å². The van der Waals surface area contributed by atoms with Crippen LogP contribution in [0.5, 0.6) is 0 Å². The molecule has 170 valence electrons. The summed E-state index contributed by atoms with van der Waals surface area (Å²) in [6.45, 7) is 0. The Bertz CT molecular complexity index is 1420. The van der Waals surface area contributed by atoms with Crippen LogP contribution in [0, 0.1) is 11.3 Å². The molecule has 0 aromatic heterocycles. The molecule has 0 saturated heterocycles. The van der Waals surface area contributed by atoms with Gasteiger partial charge in [0.2, 0.25) is 0 Å². The number of benzene rings is 3. The van der Waals surface area contributed by atoms with Crippen molar-refractivity contribution in [3.63, 3.8) is 0 Å². The second kappa shape index (κ2) is 9.84. The molecule has 1 aliphatic carbocycles. The smallest absolute Gasteiger partial charge is 0.269 e. The van der Waals surface area contributed by atoms with Crippen LogP contribution in [0.3, 0.4) is 0 Å². The number of rotatable bonds is 3. The summed E-state index contributed by atoms with van der Waals surface area (Å²) < 4.78 is 0. The summed E-state index contributed by atoms with van der Waals surface area (Å²) >= 11 is 1.70. The molecular formula is C28H20N4O2S. The van der Waals surface area contributed by atoms with Crippen molar-refractivity contribution in [1.29, 1.82) is 5.26 Å². The van der Waals surface area contributed by atoms with Crippen LogP contribution < -0.4 is 10.9 Å². The van der Waals surface area contributed by atoms with Gasteiger partial charge in [0.15, 0.2) is 0 Å². The number of nitrogens with zero attached hydrogens (tertiary/aromatic N) is 2. The van der Waals surface area contributed by atoms with Crippen LogP contribution in [0.1, 0.15) is 27.0 Å². The van der Waals surface area contributed by atoms with Crippen molar-refractivity contribution in [2.24, 2.45) is 4.99 Å². The number of hydrogen-bond donors (Lipinski definition) is 2. The lowest BCUT2D eigenvalue weighted by molar-refractivity contribution is -0.117. The number of hydrogen-bond acceptors (Lipinski definition) is 5. The van der Waals surface area contributed by atoms with E-state index < -0.39 is 5.91 Å². The van der Waals surface area contributed by atoms with Gasteiger partial charge in [-0.3, -0.25) is 25.4 Å². The zero-order valence-corrected chi connectivity index (χ0v) is 19.3. The topological polar surface area (TPSA) is 94.3 Å². The Kier molecular flexibility index (Phi) is 6.29. The molecule has 7 heteroatoms. The molecule has 2 atom stereocenters. The summed E-state index contributed by atoms with van der Waals surface area (Å²) in [6.07, 6.45) is 5.57. The Morgan fingerprint density at radius 2 is 1.60 bits per heavy atom. The molecule has 0 fully saturated rings. The van der Waals surface area contributed by atoms with Gasteiger partial charge < -0.3 is 0 Å². The van der Waals surface area contributed by atoms with E-state index >= 15 is 0 Å². The maximum absolute atomic E-state index is 12.8. The molecule has 2 aliphatic rings. The van der Waals surface area contributed by atoms with Crippen molar-refractivity contribution in [3.05, 3.63) is 125 Å². The van der Waals surface area contributed by atoms with Crippen molar-refractivity contribution >= 4 is 29.3 Å². The van der Waals surface area contributed by atoms with Gasteiger partial charge in [0, 0.05) is 27.2 Å². The fourth-order valence-electron chi connectivity index (χ4n) is 3.93. The second-order valence-corrected chi connectivity index (χ2v) is 9.21. The molecule has 0 spiro atoms. The van der Waals surface area contributed by atoms with Gasteiger partial charge in [-0.15, -0.1) is 11.8 Å². The highest BCUT2D eigenvalue weighted by Gasteiger charge is 2.29. The van der Waals surface area contributed by atoms with Crippen LogP contribution in [0.4, 0.5) is 0 Å². The molecule has 0 bridgehead atoms. The molecule has 2 unspecified atom stereocenters. The first-order valence-electron chi connectivity index (χ1n) is 11.0. The van der Waals surface area contributed by atoms with Crippen LogP contribution >= 0.6 is 11.8 Å². The first-order valence-corrected chi connectivity index (χ1v) is 11.9. The number of carbonyl (C=O) groups is 2. The number of amides is 2. The summed E-state index contributed by atoms with van der Waals surface area (Å²) in [7, 11) is 0. The van der Waals surface area contributed by atoms with Gasteiger partial charge >= 0.3 is 0 Å². The van der Waals surface area contributed by atoms with E-state index in [-0.39, 0.29) is 17.2 Å². The van der Waals surface area contributed by atoms with Gasteiger partial charge in [0.25, 0.3) is 11.8 Å². The first kappa shape index (κ1) is 22.4. The fraction of sp³-hybridized carbons (Fsp3) is 0.0714. The molecule has 3 aromatic carbocycles. The minimum Gasteiger partial charge on any atom is -0.275 e. The Morgan fingerprint density at radius 1 is 0.886 bits per heavy atom. The Balaban J connectivity index is 1.42. The molecule has 1 aliphatic heterocycles. The van der Waals surface area contributed by atoms with Crippen LogP contribution in [0.25, 0.3) is 0 Å². The molecule has 0 saturated carbocycles. The summed E-state index contributed by atoms with van der Waals surface area (Å²) in [5, 5.41) is 9.17. The third kappa shape index (κ3) is 4.79. The minimum atomic E-state index is -0.411. The van der Waals surface area contributed by atoms with Crippen molar-refractivity contribution in [2.45, 2.75) is 16.2 Å². The normalized spacial score (nSPS) is 18.0. The average molecular weight is 477 g/mol. The second-order valence-electron chi connectivity index (χ2n) is 7.99. The Hall–Kier alpha value is -4.41. The number of thioether (sulfide) groups is 1. The third-order valence-electron chi connectivity index (χ3n) is 5.71. The number of hydrazine groups is 1. The van der Waals surface area contributed by atoms with E-state index in [1.54, 1.807) is 54.2 Å². The van der Waals surface area contributed by atoms with E-state index in [0.29, 0.717) is 16.7 Å². The summed E-state index contributed by atoms with van der Waals surface area (Å²) in [5.74, 6) is -0.801. The largest absolute Gasteiger partial charge is 0.275 e. The number of fused-ring (bicyclic) bond motifs is 2. The van der Waals surface area contributed by atoms with Crippen LogP contribution in [0.15, 0.2) is 113 Å². The maximum atomic E-state index is 12.8. The zero-order valence-electron chi connectivity index (χ0n) is 18.5. The molecule has 6 nitrogen and oxygen atoms in total. The highest BCUT2D eigenvalue weighted by atomic mass is 32.2. The maximum Gasteiger partial charge on any atom is 0.269 e. The first-order chi connectivity index (χ1) is 17.1. The lowest BCUT2D eigenvalue weighted by Gasteiger charge is -2.21. The van der Waals surface area contributed by atoms with Gasteiger partial charge in [-0.25, -0.2) is 0 Å². The van der Waals surface area contributed by atoms with Crippen molar-refractivity contribution < 1.29 is 9.59 Å². The highest BCUT2D eigenvalue weighted by Crippen LogP contribution is 2.37. The molecular weight excluding hydrogens is 456 g/mol. The monoisotopic (exact) mass is 476 g/mol. The summed E-state index contributed by atoms with van der Waals surface area (Å²) in [5.41, 5.74) is 9.14. The zero-order chi connectivity index (χ0) is 24.2. The molecule has 3 aromatic rings. The van der Waals surface area contributed by atoms with Crippen LogP contribution in [-0.4, -0.2) is 28.8 Å². The van der Waals surface area contributed by atoms with E-state index in [2.05, 4.69) is 23.0 Å².